The lowest BCUT2D eigenvalue weighted by Gasteiger charge is -1.97. The van der Waals surface area contributed by atoms with Crippen molar-refractivity contribution in [1.82, 2.24) is 0 Å². The monoisotopic (exact) mass is 198 g/mol. The first kappa shape index (κ1) is 15.1. The molecule has 0 N–H and O–H groups in total. The Morgan fingerprint density at radius 2 is 1.38 bits per heavy atom. The molecule has 0 unspecified atom stereocenters. The third-order valence-corrected chi connectivity index (χ3v) is 2.21. The van der Waals surface area contributed by atoms with Gasteiger partial charge in [-0.1, -0.05) is 45.9 Å². The Hall–Kier alpha value is -0.430. The van der Waals surface area contributed by atoms with Gasteiger partial charge in [0.15, 0.2) is 0 Å². The zero-order chi connectivity index (χ0) is 10.7. The lowest BCUT2D eigenvalue weighted by atomic mass is 10.2. The number of benzene rings is 1. The van der Waals surface area contributed by atoms with Crippen molar-refractivity contribution in [3.63, 3.8) is 0 Å². The van der Waals surface area contributed by atoms with Gasteiger partial charge in [-0.05, 0) is 24.8 Å². The smallest absolute Gasteiger partial charge is 0.00983 e. The van der Waals surface area contributed by atoms with E-state index in [0.29, 0.717) is 0 Å². The van der Waals surface area contributed by atoms with Crippen LogP contribution in [-0.4, -0.2) is 6.26 Å². The predicted molar refractivity (Wildman–Crippen MR) is 65.7 cm³/mol. The second-order valence-electron chi connectivity index (χ2n) is 1.97. The first-order valence-electron chi connectivity index (χ1n) is 4.94. The highest BCUT2D eigenvalue weighted by Gasteiger charge is 1.90. The summed E-state index contributed by atoms with van der Waals surface area (Å²) in [7, 11) is 0. The molecule has 1 aromatic rings. The molecule has 1 rings (SSSR count). The highest BCUT2D eigenvalue weighted by Crippen LogP contribution is 2.17. The topological polar surface area (TPSA) is 0 Å². The van der Waals surface area contributed by atoms with Crippen LogP contribution in [0.25, 0.3) is 0 Å². The van der Waals surface area contributed by atoms with Crippen LogP contribution >= 0.6 is 11.8 Å². The van der Waals surface area contributed by atoms with Crippen LogP contribution in [0, 0.1) is 6.92 Å². The standard InChI is InChI=1S/C8H10S.2C2H6/c1-7-5-3-4-6-8(7)9-2;2*1-2/h3-6H,1-2H3;2*1-2H3. The molecule has 0 aliphatic heterocycles. The maximum Gasteiger partial charge on any atom is 0.00983 e. The minimum absolute atomic E-state index is 1.37. The van der Waals surface area contributed by atoms with Crippen LogP contribution in [0.3, 0.4) is 0 Å². The van der Waals surface area contributed by atoms with Crippen LogP contribution in [0.1, 0.15) is 33.3 Å². The normalized spacial score (nSPS) is 7.54. The molecule has 0 atom stereocenters. The molecular weight excluding hydrogens is 176 g/mol. The number of aryl methyl sites for hydroxylation is 1. The average molecular weight is 198 g/mol. The van der Waals surface area contributed by atoms with E-state index < -0.39 is 0 Å². The molecule has 0 bridgehead atoms. The molecule has 0 spiro atoms. The Kier molecular flexibility index (Phi) is 13.4. The lowest BCUT2D eigenvalue weighted by molar-refractivity contribution is 1.31. The molecule has 0 nitrogen and oxygen atoms in total. The van der Waals surface area contributed by atoms with Gasteiger partial charge in [-0.15, -0.1) is 11.8 Å². The van der Waals surface area contributed by atoms with E-state index in [0.717, 1.165) is 0 Å². The first-order chi connectivity index (χ1) is 6.34. The van der Waals surface area contributed by atoms with Crippen molar-refractivity contribution in [2.75, 3.05) is 6.26 Å². The van der Waals surface area contributed by atoms with Crippen molar-refractivity contribution in [3.8, 4) is 0 Å². The zero-order valence-electron chi connectivity index (χ0n) is 9.72. The van der Waals surface area contributed by atoms with Crippen molar-refractivity contribution in [2.45, 2.75) is 39.5 Å². The SMILES string of the molecule is CC.CC.CSc1ccccc1C. The van der Waals surface area contributed by atoms with Crippen molar-refractivity contribution in [3.05, 3.63) is 29.8 Å². The zero-order valence-corrected chi connectivity index (χ0v) is 10.5. The van der Waals surface area contributed by atoms with Gasteiger partial charge in [0, 0.05) is 4.90 Å². The van der Waals surface area contributed by atoms with E-state index in [1.54, 1.807) is 11.8 Å². The fraction of sp³-hybridized carbons (Fsp3) is 0.500. The Labute approximate surface area is 87.8 Å². The summed E-state index contributed by atoms with van der Waals surface area (Å²) in [5.74, 6) is 0. The minimum Gasteiger partial charge on any atom is -0.129 e. The molecule has 0 aliphatic rings. The maximum atomic E-state index is 2.14. The van der Waals surface area contributed by atoms with Gasteiger partial charge < -0.3 is 0 Å². The van der Waals surface area contributed by atoms with Gasteiger partial charge in [0.1, 0.15) is 0 Å². The molecule has 1 heteroatoms. The van der Waals surface area contributed by atoms with Crippen molar-refractivity contribution in [1.29, 1.82) is 0 Å². The third kappa shape index (κ3) is 6.71. The second-order valence-corrected chi connectivity index (χ2v) is 2.82. The van der Waals surface area contributed by atoms with Gasteiger partial charge in [0.2, 0.25) is 0 Å². The lowest BCUT2D eigenvalue weighted by Crippen LogP contribution is -1.74. The van der Waals surface area contributed by atoms with E-state index in [1.807, 2.05) is 27.7 Å². The number of rotatable bonds is 1. The molecule has 76 valence electrons. The van der Waals surface area contributed by atoms with E-state index in [2.05, 4.69) is 37.4 Å². The third-order valence-electron chi connectivity index (χ3n) is 1.31. The summed E-state index contributed by atoms with van der Waals surface area (Å²) in [5, 5.41) is 0. The fourth-order valence-electron chi connectivity index (χ4n) is 0.785. The van der Waals surface area contributed by atoms with Crippen molar-refractivity contribution < 1.29 is 0 Å². The quantitative estimate of drug-likeness (QED) is 0.586. The largest absolute Gasteiger partial charge is 0.129 e. The Morgan fingerprint density at radius 1 is 0.923 bits per heavy atom. The molecule has 0 aliphatic carbocycles. The van der Waals surface area contributed by atoms with E-state index in [9.17, 15) is 0 Å². The van der Waals surface area contributed by atoms with E-state index in [1.165, 1.54) is 10.5 Å². The molecule has 13 heavy (non-hydrogen) atoms. The van der Waals surface area contributed by atoms with Gasteiger partial charge in [-0.3, -0.25) is 0 Å². The number of thioether (sulfide) groups is 1. The molecule has 0 amide bonds. The van der Waals surface area contributed by atoms with Crippen LogP contribution in [-0.2, 0) is 0 Å². The summed E-state index contributed by atoms with van der Waals surface area (Å²) in [4.78, 5) is 1.37. The van der Waals surface area contributed by atoms with Gasteiger partial charge >= 0.3 is 0 Å². The summed E-state index contributed by atoms with van der Waals surface area (Å²) >= 11 is 1.80. The predicted octanol–water partition coefficient (Wildman–Crippen LogP) is 4.77. The Morgan fingerprint density at radius 3 is 1.69 bits per heavy atom. The Balaban J connectivity index is 0. The van der Waals surface area contributed by atoms with Gasteiger partial charge in [-0.25, -0.2) is 0 Å². The van der Waals surface area contributed by atoms with Crippen LogP contribution in [0.2, 0.25) is 0 Å². The van der Waals surface area contributed by atoms with Crippen LogP contribution in [0.5, 0.6) is 0 Å². The van der Waals surface area contributed by atoms with Crippen molar-refractivity contribution >= 4 is 11.8 Å². The van der Waals surface area contributed by atoms with E-state index in [-0.39, 0.29) is 0 Å². The summed E-state index contributed by atoms with van der Waals surface area (Å²) < 4.78 is 0. The Bertz CT molecular complexity index is 194. The minimum atomic E-state index is 1.37. The van der Waals surface area contributed by atoms with Crippen LogP contribution < -0.4 is 0 Å². The highest BCUT2D eigenvalue weighted by atomic mass is 32.2. The van der Waals surface area contributed by atoms with Gasteiger partial charge in [0.05, 0.1) is 0 Å². The second kappa shape index (κ2) is 11.6. The molecule has 0 radical (unpaired) electrons. The number of hydrogen-bond donors (Lipinski definition) is 0. The average Bonchev–Trinajstić information content (AvgIpc) is 2.24. The maximum absolute atomic E-state index is 2.14. The summed E-state index contributed by atoms with van der Waals surface area (Å²) in [5.41, 5.74) is 1.37. The molecule has 1 aromatic carbocycles. The highest BCUT2D eigenvalue weighted by molar-refractivity contribution is 7.98. The van der Waals surface area contributed by atoms with E-state index >= 15 is 0 Å². The molecular formula is C12H22S. The summed E-state index contributed by atoms with van der Waals surface area (Å²) in [6, 6.07) is 8.40. The van der Waals surface area contributed by atoms with E-state index in [4.69, 9.17) is 0 Å². The first-order valence-corrected chi connectivity index (χ1v) is 6.16. The molecule has 0 fully saturated rings. The van der Waals surface area contributed by atoms with Crippen LogP contribution in [0.4, 0.5) is 0 Å². The van der Waals surface area contributed by atoms with Crippen LogP contribution in [0.15, 0.2) is 29.2 Å². The molecule has 0 heterocycles. The fourth-order valence-corrected chi connectivity index (χ4v) is 1.39. The molecule has 0 aromatic heterocycles. The van der Waals surface area contributed by atoms with Gasteiger partial charge in [-0.2, -0.15) is 0 Å². The van der Waals surface area contributed by atoms with Crippen molar-refractivity contribution in [2.24, 2.45) is 0 Å². The number of hydrogen-bond acceptors (Lipinski definition) is 1. The summed E-state index contributed by atoms with van der Waals surface area (Å²) in [6.07, 6.45) is 2.10. The summed E-state index contributed by atoms with van der Waals surface area (Å²) in [6.45, 7) is 10.1. The molecule has 0 saturated heterocycles. The molecule has 0 saturated carbocycles. The van der Waals surface area contributed by atoms with Gasteiger partial charge in [0.25, 0.3) is 0 Å².